The third-order valence-electron chi connectivity index (χ3n) is 7.77. The molecule has 0 fully saturated rings. The molecule has 0 aliphatic carbocycles. The van der Waals surface area contributed by atoms with Crippen LogP contribution < -0.4 is 0 Å². The highest BCUT2D eigenvalue weighted by Crippen LogP contribution is 2.45. The first-order valence-corrected chi connectivity index (χ1v) is 16.9. The lowest BCUT2D eigenvalue weighted by atomic mass is 9.80. The lowest BCUT2D eigenvalue weighted by molar-refractivity contribution is -0.0339. The topological polar surface area (TPSA) is 18.5 Å². The van der Waals surface area contributed by atoms with Crippen LogP contribution in [0.3, 0.4) is 0 Å². The zero-order valence-corrected chi connectivity index (χ0v) is 26.7. The Morgan fingerprint density at radius 2 is 1.08 bits per heavy atom. The SMILES string of the molecule is C/C(Br)=C\C[C@@H](COC(c1ccccc1)(c1ccccc1)c1ccccc1)O[Si](C(C)C)(C(C)C)C(C)C. The molecule has 204 valence electrons. The van der Waals surface area contributed by atoms with Gasteiger partial charge in [-0.15, -0.1) is 0 Å². The van der Waals surface area contributed by atoms with E-state index in [1.807, 2.05) is 0 Å². The predicted molar refractivity (Wildman–Crippen MR) is 168 cm³/mol. The zero-order chi connectivity index (χ0) is 27.8. The molecule has 0 aromatic heterocycles. The molecule has 0 unspecified atom stereocenters. The van der Waals surface area contributed by atoms with Crippen molar-refractivity contribution in [2.24, 2.45) is 0 Å². The third-order valence-corrected chi connectivity index (χ3v) is 14.2. The molecular weight excluding hydrogens is 548 g/mol. The Labute approximate surface area is 240 Å². The van der Waals surface area contributed by atoms with Crippen LogP contribution >= 0.6 is 15.9 Å². The summed E-state index contributed by atoms with van der Waals surface area (Å²) in [5.74, 6) is 0. The van der Waals surface area contributed by atoms with Crippen LogP contribution in [0.15, 0.2) is 102 Å². The number of hydrogen-bond donors (Lipinski definition) is 0. The summed E-state index contributed by atoms with van der Waals surface area (Å²) in [4.78, 5) is 0. The predicted octanol–water partition coefficient (Wildman–Crippen LogP) is 10.2. The molecule has 0 heterocycles. The van der Waals surface area contributed by atoms with Crippen molar-refractivity contribution in [2.75, 3.05) is 6.61 Å². The molecule has 0 saturated carbocycles. The van der Waals surface area contributed by atoms with Gasteiger partial charge in [-0.05, 0) is 51.1 Å². The van der Waals surface area contributed by atoms with Crippen LogP contribution in [-0.4, -0.2) is 21.0 Å². The van der Waals surface area contributed by atoms with Gasteiger partial charge in [-0.3, -0.25) is 0 Å². The van der Waals surface area contributed by atoms with Gasteiger partial charge in [-0.1, -0.05) is 155 Å². The van der Waals surface area contributed by atoms with Gasteiger partial charge < -0.3 is 9.16 Å². The van der Waals surface area contributed by atoms with Gasteiger partial charge in [0.1, 0.15) is 5.60 Å². The lowest BCUT2D eigenvalue weighted by Crippen LogP contribution is -2.51. The molecule has 0 N–H and O–H groups in total. The van der Waals surface area contributed by atoms with Crippen LogP contribution in [0.1, 0.15) is 71.6 Å². The molecule has 38 heavy (non-hydrogen) atoms. The first kappa shape index (κ1) is 30.6. The van der Waals surface area contributed by atoms with E-state index in [4.69, 9.17) is 9.16 Å². The summed E-state index contributed by atoms with van der Waals surface area (Å²) in [5, 5.41) is 0. The van der Waals surface area contributed by atoms with Crippen LogP contribution in [0, 0.1) is 0 Å². The molecule has 0 saturated heterocycles. The van der Waals surface area contributed by atoms with E-state index in [0.29, 0.717) is 23.2 Å². The van der Waals surface area contributed by atoms with Crippen molar-refractivity contribution in [1.29, 1.82) is 0 Å². The number of hydrogen-bond acceptors (Lipinski definition) is 2. The van der Waals surface area contributed by atoms with Gasteiger partial charge in [0.2, 0.25) is 8.32 Å². The summed E-state index contributed by atoms with van der Waals surface area (Å²) < 4.78 is 15.7. The molecule has 2 nitrogen and oxygen atoms in total. The second kappa shape index (κ2) is 13.9. The molecule has 0 radical (unpaired) electrons. The van der Waals surface area contributed by atoms with E-state index in [-0.39, 0.29) is 6.10 Å². The standard InChI is InChI=1S/C34H45BrO2Si/c1-26(2)38(27(3)4,28(5)6)37-33(24-23-29(7)35)25-36-34(30-17-11-8-12-18-30,31-19-13-9-14-20-31)32-21-15-10-16-22-32/h8-23,26-28,33H,24-25H2,1-7H3/b29-23+/t33-/m0/s1. The normalized spacial score (nSPS) is 13.9. The Morgan fingerprint density at radius 1 is 0.711 bits per heavy atom. The Hall–Kier alpha value is -1.98. The first-order valence-electron chi connectivity index (χ1n) is 13.9. The van der Waals surface area contributed by atoms with Gasteiger partial charge in [-0.25, -0.2) is 0 Å². The van der Waals surface area contributed by atoms with Gasteiger partial charge >= 0.3 is 0 Å². The fraction of sp³-hybridized carbons (Fsp3) is 0.412. The molecular formula is C34H45BrO2Si. The van der Waals surface area contributed by atoms with Crippen molar-refractivity contribution in [1.82, 2.24) is 0 Å². The summed E-state index contributed by atoms with van der Waals surface area (Å²) in [7, 11) is -2.12. The van der Waals surface area contributed by atoms with E-state index in [1.54, 1.807) is 0 Å². The maximum absolute atomic E-state index is 7.32. The van der Waals surface area contributed by atoms with E-state index in [2.05, 4.69) is 161 Å². The molecule has 1 atom stereocenters. The summed E-state index contributed by atoms with van der Waals surface area (Å²) in [6, 6.07) is 31.8. The number of benzene rings is 3. The minimum Gasteiger partial charge on any atom is -0.410 e. The molecule has 0 spiro atoms. The third kappa shape index (κ3) is 6.77. The van der Waals surface area contributed by atoms with E-state index in [1.165, 1.54) is 0 Å². The van der Waals surface area contributed by atoms with E-state index < -0.39 is 13.9 Å². The minimum atomic E-state index is -2.12. The Kier molecular flexibility index (Phi) is 11.2. The van der Waals surface area contributed by atoms with E-state index in [9.17, 15) is 0 Å². The highest BCUT2D eigenvalue weighted by Gasteiger charge is 2.47. The number of rotatable bonds is 13. The van der Waals surface area contributed by atoms with Crippen molar-refractivity contribution in [3.63, 3.8) is 0 Å². The second-order valence-corrected chi connectivity index (χ2v) is 17.8. The second-order valence-electron chi connectivity index (χ2n) is 11.2. The molecule has 0 aliphatic rings. The van der Waals surface area contributed by atoms with Crippen LogP contribution in [-0.2, 0) is 14.8 Å². The Balaban J connectivity index is 2.13. The number of halogens is 1. The van der Waals surface area contributed by atoms with Gasteiger partial charge in [0.25, 0.3) is 0 Å². The number of ether oxygens (including phenoxy) is 1. The first-order chi connectivity index (χ1) is 18.1. The van der Waals surface area contributed by atoms with Crippen molar-refractivity contribution < 1.29 is 9.16 Å². The average molecular weight is 594 g/mol. The summed E-state index contributed by atoms with van der Waals surface area (Å²) in [6.07, 6.45) is 2.97. The van der Waals surface area contributed by atoms with Crippen molar-refractivity contribution in [2.45, 2.75) is 83.2 Å². The van der Waals surface area contributed by atoms with Crippen LogP contribution in [0.5, 0.6) is 0 Å². The molecule has 3 aromatic rings. The highest BCUT2D eigenvalue weighted by molar-refractivity contribution is 9.11. The van der Waals surface area contributed by atoms with Gasteiger partial charge in [0.15, 0.2) is 0 Å². The molecule has 0 amide bonds. The molecule has 3 aromatic carbocycles. The summed E-state index contributed by atoms with van der Waals surface area (Å²) in [5.41, 5.74) is 4.09. The smallest absolute Gasteiger partial charge is 0.200 e. The van der Waals surface area contributed by atoms with E-state index >= 15 is 0 Å². The quantitative estimate of drug-likeness (QED) is 0.145. The van der Waals surface area contributed by atoms with Crippen LogP contribution in [0.4, 0.5) is 0 Å². The van der Waals surface area contributed by atoms with Crippen molar-refractivity contribution >= 4 is 24.2 Å². The maximum atomic E-state index is 7.32. The average Bonchev–Trinajstić information content (AvgIpc) is 2.91. The minimum absolute atomic E-state index is 0.0584. The molecule has 0 bridgehead atoms. The van der Waals surface area contributed by atoms with Gasteiger partial charge in [0, 0.05) is 0 Å². The van der Waals surface area contributed by atoms with E-state index in [0.717, 1.165) is 27.6 Å². The Morgan fingerprint density at radius 3 is 1.39 bits per heavy atom. The van der Waals surface area contributed by atoms with Crippen LogP contribution in [0.25, 0.3) is 0 Å². The summed E-state index contributed by atoms with van der Waals surface area (Å²) in [6.45, 7) is 16.6. The van der Waals surface area contributed by atoms with Gasteiger partial charge in [0.05, 0.1) is 12.7 Å². The molecule has 4 heteroatoms. The van der Waals surface area contributed by atoms with Crippen molar-refractivity contribution in [3.8, 4) is 0 Å². The van der Waals surface area contributed by atoms with Crippen LogP contribution in [0.2, 0.25) is 16.6 Å². The summed E-state index contributed by atoms with van der Waals surface area (Å²) >= 11 is 3.65. The maximum Gasteiger partial charge on any atom is 0.200 e. The fourth-order valence-electron chi connectivity index (χ4n) is 6.13. The zero-order valence-electron chi connectivity index (χ0n) is 24.2. The largest absolute Gasteiger partial charge is 0.410 e. The number of allylic oxidation sites excluding steroid dienone is 1. The lowest BCUT2D eigenvalue weighted by Gasteiger charge is -2.45. The monoisotopic (exact) mass is 592 g/mol. The molecule has 3 rings (SSSR count). The van der Waals surface area contributed by atoms with Crippen molar-refractivity contribution in [3.05, 3.63) is 118 Å². The molecule has 0 aliphatic heterocycles. The fourth-order valence-corrected chi connectivity index (χ4v) is 11.9. The highest BCUT2D eigenvalue weighted by atomic mass is 79.9. The van der Waals surface area contributed by atoms with Gasteiger partial charge in [-0.2, -0.15) is 0 Å². The Bertz CT molecular complexity index is 1000.